The standard InChI is InChI=1S/C11H12N6O3/c1-6-7(2)16(5-14-6)11-9(10(12)15-18)3-8(4-13-11)17(19)20/h3-5,18H,1-2H3,(H2,12,15). The maximum atomic E-state index is 10.8. The van der Waals surface area contributed by atoms with Gasteiger partial charge in [-0.25, -0.2) is 9.97 Å². The van der Waals surface area contributed by atoms with Gasteiger partial charge in [0.25, 0.3) is 5.69 Å². The molecule has 0 spiro atoms. The minimum absolute atomic E-state index is 0.155. The maximum Gasteiger partial charge on any atom is 0.288 e. The summed E-state index contributed by atoms with van der Waals surface area (Å²) in [5.74, 6) is 0.0472. The number of nitrogens with zero attached hydrogens (tertiary/aromatic N) is 5. The van der Waals surface area contributed by atoms with E-state index in [9.17, 15) is 10.1 Å². The van der Waals surface area contributed by atoms with E-state index >= 15 is 0 Å². The van der Waals surface area contributed by atoms with Crippen molar-refractivity contribution in [3.8, 4) is 5.82 Å². The smallest absolute Gasteiger partial charge is 0.288 e. The van der Waals surface area contributed by atoms with Crippen LogP contribution in [0, 0.1) is 24.0 Å². The monoisotopic (exact) mass is 276 g/mol. The molecule has 0 aliphatic heterocycles. The molecule has 3 N–H and O–H groups in total. The highest BCUT2D eigenvalue weighted by Crippen LogP contribution is 2.20. The third-order valence-corrected chi connectivity index (χ3v) is 2.93. The van der Waals surface area contributed by atoms with Crippen LogP contribution in [0.3, 0.4) is 0 Å². The summed E-state index contributed by atoms with van der Waals surface area (Å²) in [5, 5.41) is 22.5. The van der Waals surface area contributed by atoms with E-state index in [0.29, 0.717) is 5.82 Å². The van der Waals surface area contributed by atoms with Crippen molar-refractivity contribution in [1.82, 2.24) is 14.5 Å². The number of rotatable bonds is 3. The molecule has 2 heterocycles. The summed E-state index contributed by atoms with van der Waals surface area (Å²) in [5.41, 5.74) is 7.06. The van der Waals surface area contributed by atoms with Crippen LogP contribution in [0.15, 0.2) is 23.7 Å². The molecule has 0 radical (unpaired) electrons. The molecule has 104 valence electrons. The lowest BCUT2D eigenvalue weighted by atomic mass is 10.2. The van der Waals surface area contributed by atoms with Crippen LogP contribution in [0.5, 0.6) is 0 Å². The van der Waals surface area contributed by atoms with Crippen molar-refractivity contribution in [3.63, 3.8) is 0 Å². The van der Waals surface area contributed by atoms with E-state index < -0.39 is 4.92 Å². The van der Waals surface area contributed by atoms with Gasteiger partial charge in [0, 0.05) is 11.8 Å². The van der Waals surface area contributed by atoms with Gasteiger partial charge in [-0.15, -0.1) is 0 Å². The van der Waals surface area contributed by atoms with Crippen LogP contribution in [-0.2, 0) is 0 Å². The minimum atomic E-state index is -0.600. The molecule has 0 aliphatic rings. The molecule has 2 aromatic heterocycles. The first-order valence-corrected chi connectivity index (χ1v) is 5.59. The first-order valence-electron chi connectivity index (χ1n) is 5.59. The Labute approximate surface area is 113 Å². The van der Waals surface area contributed by atoms with Crippen LogP contribution in [0.2, 0.25) is 0 Å². The van der Waals surface area contributed by atoms with Crippen LogP contribution in [0.1, 0.15) is 17.0 Å². The lowest BCUT2D eigenvalue weighted by Gasteiger charge is -2.09. The second-order valence-electron chi connectivity index (χ2n) is 4.09. The van der Waals surface area contributed by atoms with Gasteiger partial charge >= 0.3 is 0 Å². The molecule has 0 bridgehead atoms. The molecule has 0 aliphatic carbocycles. The van der Waals surface area contributed by atoms with Crippen molar-refractivity contribution in [2.45, 2.75) is 13.8 Å². The summed E-state index contributed by atoms with van der Waals surface area (Å²) in [6, 6.07) is 1.20. The molecule has 20 heavy (non-hydrogen) atoms. The van der Waals surface area contributed by atoms with Gasteiger partial charge in [0.1, 0.15) is 18.3 Å². The van der Waals surface area contributed by atoms with E-state index in [1.54, 1.807) is 4.57 Å². The number of hydrogen-bond donors (Lipinski definition) is 2. The van der Waals surface area contributed by atoms with Crippen LogP contribution in [0.25, 0.3) is 5.82 Å². The second-order valence-corrected chi connectivity index (χ2v) is 4.09. The van der Waals surface area contributed by atoms with Gasteiger partial charge < -0.3 is 10.9 Å². The first kappa shape index (κ1) is 13.5. The molecule has 0 saturated carbocycles. The highest BCUT2D eigenvalue weighted by Gasteiger charge is 2.18. The van der Waals surface area contributed by atoms with Gasteiger partial charge in [0.15, 0.2) is 5.84 Å². The zero-order chi connectivity index (χ0) is 14.9. The number of aryl methyl sites for hydroxylation is 1. The number of hydrogen-bond acceptors (Lipinski definition) is 6. The third kappa shape index (κ3) is 2.16. The molecule has 2 aromatic rings. The predicted octanol–water partition coefficient (Wildman–Crippen LogP) is 0.887. The number of nitrogens with two attached hydrogens (primary N) is 1. The Hall–Kier alpha value is -2.97. The lowest BCUT2D eigenvalue weighted by molar-refractivity contribution is -0.385. The van der Waals surface area contributed by atoms with E-state index in [-0.39, 0.29) is 17.1 Å². The molecule has 0 unspecified atom stereocenters. The van der Waals surface area contributed by atoms with Crippen molar-refractivity contribution in [1.29, 1.82) is 0 Å². The number of amidine groups is 1. The fourth-order valence-electron chi connectivity index (χ4n) is 1.69. The molecular formula is C11H12N6O3. The largest absolute Gasteiger partial charge is 0.409 e. The van der Waals surface area contributed by atoms with Crippen molar-refractivity contribution >= 4 is 11.5 Å². The predicted molar refractivity (Wildman–Crippen MR) is 70.0 cm³/mol. The average Bonchev–Trinajstić information content (AvgIpc) is 2.77. The number of imidazole rings is 1. The Morgan fingerprint density at radius 3 is 2.70 bits per heavy atom. The lowest BCUT2D eigenvalue weighted by Crippen LogP contribution is -2.18. The Balaban J connectivity index is 2.70. The second kappa shape index (κ2) is 4.96. The van der Waals surface area contributed by atoms with Gasteiger partial charge in [-0.3, -0.25) is 14.7 Å². The summed E-state index contributed by atoms with van der Waals surface area (Å²) >= 11 is 0. The molecule has 0 fully saturated rings. The summed E-state index contributed by atoms with van der Waals surface area (Å²) in [4.78, 5) is 18.3. The van der Waals surface area contributed by atoms with Crippen LogP contribution in [0.4, 0.5) is 5.69 Å². The van der Waals surface area contributed by atoms with Crippen molar-refractivity contribution in [3.05, 3.63) is 45.7 Å². The Bertz CT molecular complexity index is 706. The summed E-state index contributed by atoms with van der Waals surface area (Å²) in [6.07, 6.45) is 2.63. The number of nitro groups is 1. The van der Waals surface area contributed by atoms with Gasteiger partial charge in [-0.05, 0) is 13.8 Å². The third-order valence-electron chi connectivity index (χ3n) is 2.93. The summed E-state index contributed by atoms with van der Waals surface area (Å²) in [7, 11) is 0. The van der Waals surface area contributed by atoms with Crippen LogP contribution < -0.4 is 5.73 Å². The molecule has 0 atom stereocenters. The SMILES string of the molecule is Cc1ncn(-c2ncc([N+](=O)[O-])cc2C(N)=NO)c1C. The van der Waals surface area contributed by atoms with Crippen molar-refractivity contribution < 1.29 is 10.1 Å². The van der Waals surface area contributed by atoms with E-state index in [0.717, 1.165) is 17.6 Å². The quantitative estimate of drug-likeness (QED) is 0.281. The van der Waals surface area contributed by atoms with E-state index in [1.807, 2.05) is 13.8 Å². The topological polar surface area (TPSA) is 132 Å². The van der Waals surface area contributed by atoms with Gasteiger partial charge in [-0.1, -0.05) is 5.16 Å². The number of pyridine rings is 1. The van der Waals surface area contributed by atoms with Crippen LogP contribution >= 0.6 is 0 Å². The Morgan fingerprint density at radius 2 is 2.20 bits per heavy atom. The zero-order valence-electron chi connectivity index (χ0n) is 10.8. The molecule has 2 rings (SSSR count). The number of aromatic nitrogens is 3. The van der Waals surface area contributed by atoms with E-state index in [4.69, 9.17) is 10.9 Å². The minimum Gasteiger partial charge on any atom is -0.409 e. The summed E-state index contributed by atoms with van der Waals surface area (Å²) < 4.78 is 1.62. The first-order chi connectivity index (χ1) is 9.45. The average molecular weight is 276 g/mol. The van der Waals surface area contributed by atoms with Crippen LogP contribution in [-0.4, -0.2) is 30.5 Å². The molecule has 0 saturated heterocycles. The zero-order valence-corrected chi connectivity index (χ0v) is 10.8. The summed E-state index contributed by atoms with van der Waals surface area (Å²) in [6.45, 7) is 3.64. The molecule has 0 amide bonds. The van der Waals surface area contributed by atoms with Gasteiger partial charge in [0.05, 0.1) is 16.2 Å². The van der Waals surface area contributed by atoms with Gasteiger partial charge in [-0.2, -0.15) is 0 Å². The molecule has 0 aromatic carbocycles. The molecular weight excluding hydrogens is 264 g/mol. The molecule has 9 heteroatoms. The highest BCUT2D eigenvalue weighted by atomic mass is 16.6. The normalized spacial score (nSPS) is 11.6. The van der Waals surface area contributed by atoms with Gasteiger partial charge in [0.2, 0.25) is 0 Å². The maximum absolute atomic E-state index is 10.8. The highest BCUT2D eigenvalue weighted by molar-refractivity contribution is 6.00. The Morgan fingerprint density at radius 1 is 1.50 bits per heavy atom. The molecule has 9 nitrogen and oxygen atoms in total. The van der Waals surface area contributed by atoms with E-state index in [1.165, 1.54) is 12.4 Å². The fraction of sp³-hybridized carbons (Fsp3) is 0.182. The Kier molecular flexibility index (Phi) is 3.34. The van der Waals surface area contributed by atoms with Crippen molar-refractivity contribution in [2.24, 2.45) is 10.9 Å². The fourth-order valence-corrected chi connectivity index (χ4v) is 1.69. The van der Waals surface area contributed by atoms with E-state index in [2.05, 4.69) is 15.1 Å². The number of oxime groups is 1. The van der Waals surface area contributed by atoms with Crippen molar-refractivity contribution in [2.75, 3.05) is 0 Å².